The van der Waals surface area contributed by atoms with Crippen molar-refractivity contribution in [1.29, 1.82) is 0 Å². The largest absolute Gasteiger partial charge is 0.470 e. The molecule has 0 aromatic heterocycles. The normalized spacial score (nSPS) is 14.9. The van der Waals surface area contributed by atoms with Gasteiger partial charge in [0.2, 0.25) is 0 Å². The predicted molar refractivity (Wildman–Crippen MR) is 587 cm³/mol. The molecule has 0 atom stereocenters. The summed E-state index contributed by atoms with van der Waals surface area (Å²) in [4.78, 5) is 0. The first-order chi connectivity index (χ1) is 51.4. The number of hydrogen-bond acceptors (Lipinski definition) is 20. The van der Waals surface area contributed by atoms with Gasteiger partial charge < -0.3 is 82.3 Å². The molecule has 0 aliphatic carbocycles. The minimum Gasteiger partial charge on any atom is -0.437 e. The third-order valence-corrected chi connectivity index (χ3v) is 96.6. The molecule has 0 unspecified atom stereocenters. The molecule has 0 N–H and O–H groups in total. The van der Waals surface area contributed by atoms with Crippen LogP contribution < -0.4 is 10.4 Å². The first kappa shape index (κ1) is 130. The number of hydrogen-bond donors (Lipinski definition) is 0. The van der Waals surface area contributed by atoms with Crippen molar-refractivity contribution in [1.82, 2.24) is 0 Å². The smallest absolute Gasteiger partial charge is 0.437 e. The molecule has 0 aliphatic rings. The highest BCUT2D eigenvalue weighted by atomic mass is 28.5. The van der Waals surface area contributed by atoms with E-state index in [9.17, 15) is 0 Å². The number of rotatable bonds is 42. The van der Waals surface area contributed by atoms with Gasteiger partial charge in [-0.3, -0.25) is 0 Å². The Labute approximate surface area is 771 Å². The Hall–Kier alpha value is 3.28. The summed E-state index contributed by atoms with van der Waals surface area (Å²) >= 11 is 0. The second-order valence-electron chi connectivity index (χ2n) is 49.1. The summed E-state index contributed by atoms with van der Waals surface area (Å²) in [6.07, 6.45) is 0. The van der Waals surface area contributed by atoms with Crippen LogP contribution in [0, 0.1) is 0 Å². The first-order valence-corrected chi connectivity index (χ1v) is 123. The van der Waals surface area contributed by atoms with Crippen LogP contribution in [0.1, 0.15) is 0 Å². The summed E-state index contributed by atoms with van der Waals surface area (Å²) < 4.78 is 129. The molecule has 120 heavy (non-hydrogen) atoms. The quantitative estimate of drug-likeness (QED) is 0.0571. The van der Waals surface area contributed by atoms with Gasteiger partial charge in [-0.05, 0) is 410 Å². The Balaban J connectivity index is -0.000000697. The minimum atomic E-state index is -3.10. The SMILES string of the molecule is C[Si](C)(C)O[Si](C)(C)O[Si](C)(C)C.C[Si](C)(C)O[Si](C)(C)O[Si](C)(C)C.C[Si](C)(C)O[Si](C)(C)O[Si](C)(C)O[Si](C)(C)C.C[Si](C)(C)O[Si](C)(C)O[Si](C)(C)O[Si](C)(C)C.C[Si](C)(C)O[Si](C)(C)O[Si](C)(O[Si](C)(C)O[Si](C)(C)C)O[Si](C)(C)O[Si](C)(C)C.C[Si](C)(C)O[Si](C)(C)O[Si](O[Si](C)(C)O[Si](C)(C)C)(c1ccccc1)c1ccccc1. The standard InChI is InChI=1S/C22H40O4Si5.C16H48O6Si7.2C10H30O3Si4.2C8H24O2Si3/c1-27(2,3)23-29(7,8)25-31(21-17-13-11-14-18-21,22-19-15-12-16-20-22)26-30(9,10)24-28(4,5)6;1-23(2,3)17-26(10,11)20-29(16,21-27(12,13)18-24(4,5)6)22-28(14,15)19-25(7,8)9;2*1-14(2,3)11-16(7,8)13-17(9,10)12-15(4,5)6;2*1-11(2,3)9-13(7,8)10-12(4,5)6/h11-20H,1-10H3;1-16H3;2*1-10H3;2*1-8H3. The van der Waals surface area contributed by atoms with Gasteiger partial charge in [-0.1, -0.05) is 60.7 Å². The van der Waals surface area contributed by atoms with E-state index in [1.165, 1.54) is 0 Å². The molecule has 20 nitrogen and oxygen atoms in total. The lowest BCUT2D eigenvalue weighted by Crippen LogP contribution is -2.72. The van der Waals surface area contributed by atoms with Crippen molar-refractivity contribution in [3.63, 3.8) is 0 Å². The Morgan fingerprint density at radius 2 is 0.217 bits per heavy atom. The van der Waals surface area contributed by atoms with E-state index in [-0.39, 0.29) is 0 Å². The molecule has 0 spiro atoms. The van der Waals surface area contributed by atoms with Crippen LogP contribution in [0.4, 0.5) is 0 Å². The highest BCUT2D eigenvalue weighted by Crippen LogP contribution is 2.34. The molecule has 2 aromatic carbocycles. The maximum Gasteiger partial charge on any atom is 0.470 e. The van der Waals surface area contributed by atoms with Gasteiger partial charge in [0, 0.05) is 6.55 Å². The molecule has 2 aromatic rings. The van der Waals surface area contributed by atoms with E-state index in [1.54, 1.807) is 0 Å². The Bertz CT molecular complexity index is 2910. The van der Waals surface area contributed by atoms with Crippen LogP contribution in [0.5, 0.6) is 0 Å². The lowest BCUT2D eigenvalue weighted by molar-refractivity contribution is 0.199. The van der Waals surface area contributed by atoms with Gasteiger partial charge in [-0.25, -0.2) is 0 Å². The summed E-state index contributed by atoms with van der Waals surface area (Å²) in [5, 5.41) is 2.20. The second kappa shape index (κ2) is 47.2. The monoisotopic (exact) mass is 2130 g/mol. The van der Waals surface area contributed by atoms with Gasteiger partial charge in [-0.15, -0.1) is 0 Å². The lowest BCUT2D eigenvalue weighted by atomic mass is 10.4. The van der Waals surface area contributed by atoms with Gasteiger partial charge in [0.25, 0.3) is 0 Å². The van der Waals surface area contributed by atoms with Gasteiger partial charge in [0.15, 0.2) is 108 Å². The highest BCUT2D eigenvalue weighted by molar-refractivity contribution is 7.03. The van der Waals surface area contributed by atoms with Crippen molar-refractivity contribution in [2.24, 2.45) is 0 Å². The second-order valence-corrected chi connectivity index (χ2v) is 155. The molecule has 0 heterocycles. The number of benzene rings is 2. The van der Waals surface area contributed by atoms with E-state index in [0.29, 0.717) is 0 Å². The Morgan fingerprint density at radius 1 is 0.117 bits per heavy atom. The van der Waals surface area contributed by atoms with Crippen molar-refractivity contribution >= 4 is 230 Å². The Morgan fingerprint density at radius 3 is 0.333 bits per heavy atom. The van der Waals surface area contributed by atoms with E-state index in [0.717, 1.165) is 10.4 Å². The van der Waals surface area contributed by atoms with Crippen molar-refractivity contribution in [2.45, 2.75) is 406 Å². The minimum absolute atomic E-state index is 1.10. The van der Waals surface area contributed by atoms with Gasteiger partial charge >= 0.3 is 112 Å². The lowest BCUT2D eigenvalue weighted by Gasteiger charge is -2.45. The van der Waals surface area contributed by atoms with Crippen LogP contribution in [0.2, 0.25) is 406 Å². The molecular weight excluding hydrogens is 1940 g/mol. The molecule has 0 amide bonds. The summed E-state index contributed by atoms with van der Waals surface area (Å²) in [6.45, 7) is 135. The predicted octanol–water partition coefficient (Wildman–Crippen LogP) is 26.6. The molecule has 0 fully saturated rings. The van der Waals surface area contributed by atoms with Crippen molar-refractivity contribution in [3.05, 3.63) is 60.7 Å². The van der Waals surface area contributed by atoms with Crippen molar-refractivity contribution in [3.8, 4) is 0 Å². The van der Waals surface area contributed by atoms with E-state index >= 15 is 0 Å². The first-order valence-electron chi connectivity index (χ1n) is 43.5. The molecule has 0 saturated heterocycles. The molecule has 716 valence electrons. The fourth-order valence-electron chi connectivity index (χ4n) is 14.8. The Kier molecular flexibility index (Phi) is 50.9. The summed E-state index contributed by atoms with van der Waals surface area (Å²) in [5.41, 5.74) is 0. The van der Waals surface area contributed by atoms with Crippen molar-refractivity contribution < 1.29 is 82.3 Å². The van der Waals surface area contributed by atoms with Crippen LogP contribution >= 0.6 is 0 Å². The van der Waals surface area contributed by atoms with Crippen LogP contribution in [-0.2, 0) is 82.3 Å². The van der Waals surface area contributed by atoms with Crippen LogP contribution in [0.15, 0.2) is 60.7 Å². The maximum atomic E-state index is 7.16. The molecule has 0 saturated carbocycles. The zero-order valence-corrected chi connectivity index (χ0v) is 116. The van der Waals surface area contributed by atoms with Gasteiger partial charge in [-0.2, -0.15) is 0 Å². The third-order valence-electron chi connectivity index (χ3n) is 12.5. The molecule has 0 aliphatic heterocycles. The van der Waals surface area contributed by atoms with Crippen LogP contribution in [0.25, 0.3) is 0 Å². The van der Waals surface area contributed by atoms with E-state index in [1.807, 2.05) is 18.7 Å². The summed E-state index contributed by atoms with van der Waals surface area (Å²) in [7, 11) is -51.3. The van der Waals surface area contributed by atoms with Crippen LogP contribution in [0.3, 0.4) is 0 Å². The van der Waals surface area contributed by atoms with Gasteiger partial charge in [0.1, 0.15) is 0 Å². The summed E-state index contributed by atoms with van der Waals surface area (Å²) in [5.74, 6) is 0. The fourth-order valence-corrected chi connectivity index (χ4v) is 129. The van der Waals surface area contributed by atoms with Gasteiger partial charge in [0.05, 0.1) is 0 Å². The topological polar surface area (TPSA) is 185 Å². The average molecular weight is 2140 g/mol. The molecule has 0 radical (unpaired) electrons. The van der Waals surface area contributed by atoms with E-state index in [2.05, 4.69) is 448 Å². The summed E-state index contributed by atoms with van der Waals surface area (Å²) in [6, 6.07) is 20.9. The van der Waals surface area contributed by atoms with Crippen molar-refractivity contribution in [2.75, 3.05) is 0 Å². The van der Waals surface area contributed by atoms with Crippen LogP contribution in [-0.4, -0.2) is 220 Å². The molecule has 46 heteroatoms. The maximum absolute atomic E-state index is 7.16. The fraction of sp³-hybridized carbons (Fsp3) is 0.838. The molecular formula is C74H196O20Si26. The third kappa shape index (κ3) is 76.7. The average Bonchev–Trinajstić information content (AvgIpc) is 0.768. The highest BCUT2D eigenvalue weighted by Gasteiger charge is 2.56. The molecule has 2 rings (SSSR count). The zero-order chi connectivity index (χ0) is 97.4. The zero-order valence-electron chi connectivity index (χ0n) is 89.9. The van der Waals surface area contributed by atoms with E-state index < -0.39 is 220 Å². The van der Waals surface area contributed by atoms with E-state index in [4.69, 9.17) is 82.3 Å². The molecule has 0 bridgehead atoms.